The Morgan fingerprint density at radius 2 is 2.11 bits per heavy atom. The number of para-hydroxylation sites is 1. The van der Waals surface area contributed by atoms with Crippen LogP contribution in [0.2, 0.25) is 0 Å². The molecule has 0 aliphatic heterocycles. The van der Waals surface area contributed by atoms with Gasteiger partial charge in [0.2, 0.25) is 5.91 Å². The highest BCUT2D eigenvalue weighted by molar-refractivity contribution is 8.00. The Kier molecular flexibility index (Phi) is 4.42. The Labute approximate surface area is 111 Å². The molecule has 1 aliphatic carbocycles. The third kappa shape index (κ3) is 3.35. The number of hydrogen-bond donors (Lipinski definition) is 1. The van der Waals surface area contributed by atoms with E-state index in [0.29, 0.717) is 12.2 Å². The van der Waals surface area contributed by atoms with Crippen molar-refractivity contribution in [2.45, 2.75) is 42.8 Å². The fourth-order valence-corrected chi connectivity index (χ4v) is 3.33. The molecule has 0 saturated heterocycles. The Morgan fingerprint density at radius 1 is 1.33 bits per heavy atom. The van der Waals surface area contributed by atoms with Gasteiger partial charge in [0.1, 0.15) is 5.78 Å². The van der Waals surface area contributed by atoms with Crippen LogP contribution in [0, 0.1) is 0 Å². The summed E-state index contributed by atoms with van der Waals surface area (Å²) in [5.74, 6) is 0.252. The van der Waals surface area contributed by atoms with Crippen molar-refractivity contribution < 1.29 is 9.59 Å². The van der Waals surface area contributed by atoms with Crippen LogP contribution in [0.1, 0.15) is 32.6 Å². The van der Waals surface area contributed by atoms with Gasteiger partial charge >= 0.3 is 0 Å². The molecule has 1 N–H and O–H groups in total. The van der Waals surface area contributed by atoms with E-state index in [1.807, 2.05) is 24.3 Å². The van der Waals surface area contributed by atoms with Gasteiger partial charge in [0.05, 0.1) is 10.9 Å². The normalized spacial score (nSPS) is 19.6. The summed E-state index contributed by atoms with van der Waals surface area (Å²) < 4.78 is 0. The first kappa shape index (κ1) is 13.1. The van der Waals surface area contributed by atoms with Gasteiger partial charge in [0.25, 0.3) is 0 Å². The summed E-state index contributed by atoms with van der Waals surface area (Å²) in [4.78, 5) is 23.9. The molecule has 3 nitrogen and oxygen atoms in total. The van der Waals surface area contributed by atoms with Crippen molar-refractivity contribution in [1.82, 2.24) is 0 Å². The standard InChI is InChI=1S/C14H17NO2S/c1-10(16)15-11-6-2-4-8-13(11)18-14-9-5-3-7-12(14)17/h2,4,6,8,14H,3,5,7,9H2,1H3,(H,15,16). The van der Waals surface area contributed by atoms with Crippen LogP contribution in [0.15, 0.2) is 29.2 Å². The Morgan fingerprint density at radius 3 is 2.83 bits per heavy atom. The van der Waals surface area contributed by atoms with Gasteiger partial charge in [0, 0.05) is 18.2 Å². The molecule has 1 fully saturated rings. The molecule has 1 aromatic carbocycles. The number of Topliss-reactive ketones (excluding diaryl/α,β-unsaturated/α-hetero) is 1. The van der Waals surface area contributed by atoms with Gasteiger partial charge in [0.15, 0.2) is 0 Å². The Balaban J connectivity index is 2.12. The average Bonchev–Trinajstić information content (AvgIpc) is 2.34. The van der Waals surface area contributed by atoms with E-state index < -0.39 is 0 Å². The number of carbonyl (C=O) groups is 2. The van der Waals surface area contributed by atoms with Crippen LogP contribution in [0.3, 0.4) is 0 Å². The zero-order valence-electron chi connectivity index (χ0n) is 10.4. The van der Waals surface area contributed by atoms with Crippen molar-refractivity contribution in [3.05, 3.63) is 24.3 Å². The molecule has 1 amide bonds. The van der Waals surface area contributed by atoms with Crippen molar-refractivity contribution in [3.63, 3.8) is 0 Å². The van der Waals surface area contributed by atoms with Crippen molar-refractivity contribution in [2.24, 2.45) is 0 Å². The second kappa shape index (κ2) is 6.05. The highest BCUT2D eigenvalue weighted by Crippen LogP contribution is 2.35. The highest BCUT2D eigenvalue weighted by Gasteiger charge is 2.23. The van der Waals surface area contributed by atoms with E-state index in [9.17, 15) is 9.59 Å². The maximum atomic E-state index is 11.8. The quantitative estimate of drug-likeness (QED) is 0.910. The molecule has 1 unspecified atom stereocenters. The van der Waals surface area contributed by atoms with Gasteiger partial charge in [-0.3, -0.25) is 9.59 Å². The number of benzene rings is 1. The summed E-state index contributed by atoms with van der Waals surface area (Å²) in [7, 11) is 0. The highest BCUT2D eigenvalue weighted by atomic mass is 32.2. The number of amides is 1. The summed E-state index contributed by atoms with van der Waals surface area (Å²) in [6.07, 6.45) is 3.77. The fourth-order valence-electron chi connectivity index (χ4n) is 2.09. The number of ketones is 1. The topological polar surface area (TPSA) is 46.2 Å². The molecule has 0 bridgehead atoms. The molecule has 96 valence electrons. The van der Waals surface area contributed by atoms with Gasteiger partial charge < -0.3 is 5.32 Å². The zero-order chi connectivity index (χ0) is 13.0. The maximum absolute atomic E-state index is 11.8. The van der Waals surface area contributed by atoms with Gasteiger partial charge in [-0.15, -0.1) is 11.8 Å². The van der Waals surface area contributed by atoms with E-state index in [1.54, 1.807) is 11.8 Å². The minimum Gasteiger partial charge on any atom is -0.325 e. The number of nitrogens with one attached hydrogen (secondary N) is 1. The molecule has 2 rings (SSSR count). The molecule has 18 heavy (non-hydrogen) atoms. The first-order chi connectivity index (χ1) is 8.66. The van der Waals surface area contributed by atoms with Crippen LogP contribution >= 0.6 is 11.8 Å². The number of rotatable bonds is 3. The van der Waals surface area contributed by atoms with Gasteiger partial charge in [-0.1, -0.05) is 18.6 Å². The zero-order valence-corrected chi connectivity index (χ0v) is 11.3. The van der Waals surface area contributed by atoms with Crippen LogP contribution < -0.4 is 5.32 Å². The second-order valence-electron chi connectivity index (χ2n) is 4.50. The SMILES string of the molecule is CC(=O)Nc1ccccc1SC1CCCCC1=O. The number of anilines is 1. The van der Waals surface area contributed by atoms with Gasteiger partial charge in [-0.05, 0) is 25.0 Å². The van der Waals surface area contributed by atoms with E-state index in [-0.39, 0.29) is 11.2 Å². The predicted molar refractivity (Wildman–Crippen MR) is 73.9 cm³/mol. The first-order valence-electron chi connectivity index (χ1n) is 6.23. The van der Waals surface area contributed by atoms with Crippen LogP contribution in [0.25, 0.3) is 0 Å². The van der Waals surface area contributed by atoms with E-state index in [1.165, 1.54) is 6.92 Å². The fraction of sp³-hybridized carbons (Fsp3) is 0.429. The van der Waals surface area contributed by atoms with E-state index in [2.05, 4.69) is 5.32 Å². The molecule has 0 heterocycles. The van der Waals surface area contributed by atoms with Crippen LogP contribution in [0.5, 0.6) is 0 Å². The minimum atomic E-state index is -0.0852. The lowest BCUT2D eigenvalue weighted by Crippen LogP contribution is -2.21. The lowest BCUT2D eigenvalue weighted by Gasteiger charge is -2.21. The molecule has 1 aliphatic rings. The van der Waals surface area contributed by atoms with Crippen molar-refractivity contribution in [2.75, 3.05) is 5.32 Å². The lowest BCUT2D eigenvalue weighted by molar-refractivity contribution is -0.119. The molecule has 0 radical (unpaired) electrons. The van der Waals surface area contributed by atoms with Crippen LogP contribution in [0.4, 0.5) is 5.69 Å². The third-order valence-corrected chi connectivity index (χ3v) is 4.36. The summed E-state index contributed by atoms with van der Waals surface area (Å²) in [6.45, 7) is 1.49. The molecule has 1 atom stereocenters. The third-order valence-electron chi connectivity index (χ3n) is 2.97. The lowest BCUT2D eigenvalue weighted by atomic mass is 9.99. The first-order valence-corrected chi connectivity index (χ1v) is 7.11. The summed E-state index contributed by atoms with van der Waals surface area (Å²) >= 11 is 1.58. The van der Waals surface area contributed by atoms with Crippen molar-refractivity contribution >= 4 is 29.1 Å². The predicted octanol–water partition coefficient (Wildman–Crippen LogP) is 3.25. The number of hydrogen-bond acceptors (Lipinski definition) is 3. The molecule has 1 aromatic rings. The Bertz CT molecular complexity index is 459. The summed E-state index contributed by atoms with van der Waals surface area (Å²) in [5, 5.41) is 2.86. The molecular weight excluding hydrogens is 246 g/mol. The summed E-state index contributed by atoms with van der Waals surface area (Å²) in [6, 6.07) is 7.65. The maximum Gasteiger partial charge on any atom is 0.221 e. The van der Waals surface area contributed by atoms with Crippen molar-refractivity contribution in [1.29, 1.82) is 0 Å². The van der Waals surface area contributed by atoms with E-state index in [0.717, 1.165) is 29.8 Å². The Hall–Kier alpha value is -1.29. The molecule has 1 saturated carbocycles. The van der Waals surface area contributed by atoms with Gasteiger partial charge in [-0.25, -0.2) is 0 Å². The average molecular weight is 263 g/mol. The summed E-state index contributed by atoms with van der Waals surface area (Å²) in [5.41, 5.74) is 0.799. The number of thioether (sulfide) groups is 1. The molecule has 0 aromatic heterocycles. The van der Waals surface area contributed by atoms with E-state index >= 15 is 0 Å². The monoisotopic (exact) mass is 263 g/mol. The molecule has 4 heteroatoms. The molecule has 0 spiro atoms. The van der Waals surface area contributed by atoms with E-state index in [4.69, 9.17) is 0 Å². The second-order valence-corrected chi connectivity index (χ2v) is 5.74. The van der Waals surface area contributed by atoms with Crippen molar-refractivity contribution in [3.8, 4) is 0 Å². The largest absolute Gasteiger partial charge is 0.325 e. The smallest absolute Gasteiger partial charge is 0.221 e. The van der Waals surface area contributed by atoms with Crippen LogP contribution in [-0.4, -0.2) is 16.9 Å². The minimum absolute atomic E-state index is 0.0497. The molecular formula is C14H17NO2S. The van der Waals surface area contributed by atoms with Crippen LogP contribution in [-0.2, 0) is 9.59 Å². The number of carbonyl (C=O) groups excluding carboxylic acids is 2. The van der Waals surface area contributed by atoms with Gasteiger partial charge in [-0.2, -0.15) is 0 Å².